The van der Waals surface area contributed by atoms with Crippen LogP contribution in [0.3, 0.4) is 0 Å². The first kappa shape index (κ1) is 18.0. The van der Waals surface area contributed by atoms with Gasteiger partial charge in [-0.3, -0.25) is 4.72 Å². The molecule has 0 fully saturated rings. The summed E-state index contributed by atoms with van der Waals surface area (Å²) in [4.78, 5) is 0.104. The predicted molar refractivity (Wildman–Crippen MR) is 96.7 cm³/mol. The predicted octanol–water partition coefficient (Wildman–Crippen LogP) is 2.81. The van der Waals surface area contributed by atoms with Crippen LogP contribution in [0.25, 0.3) is 11.5 Å². The summed E-state index contributed by atoms with van der Waals surface area (Å²) in [5.74, 6) is 0.961. The molecule has 0 aliphatic heterocycles. The number of aromatic nitrogens is 3. The SMILES string of the molecule is COc1ccccc1NS(=O)(=O)c1c(-c2nnc(C)o2)c(C)n(C)c1C. The normalized spacial score (nSPS) is 11.6. The first-order chi connectivity index (χ1) is 12.3. The molecule has 8 nitrogen and oxygen atoms in total. The third-order valence-electron chi connectivity index (χ3n) is 4.28. The molecule has 3 rings (SSSR count). The molecule has 0 amide bonds. The number of nitrogens with zero attached hydrogens (tertiary/aromatic N) is 3. The lowest BCUT2D eigenvalue weighted by Gasteiger charge is -2.12. The van der Waals surface area contributed by atoms with Crippen molar-refractivity contribution >= 4 is 15.7 Å². The second-order valence-electron chi connectivity index (χ2n) is 5.87. The van der Waals surface area contributed by atoms with Gasteiger partial charge in [0, 0.05) is 25.4 Å². The van der Waals surface area contributed by atoms with E-state index in [1.165, 1.54) is 7.11 Å². The number of rotatable bonds is 5. The van der Waals surface area contributed by atoms with Crippen LogP contribution in [-0.4, -0.2) is 30.3 Å². The van der Waals surface area contributed by atoms with Crippen molar-refractivity contribution in [2.45, 2.75) is 25.7 Å². The van der Waals surface area contributed by atoms with E-state index < -0.39 is 10.0 Å². The summed E-state index contributed by atoms with van der Waals surface area (Å²) in [6, 6.07) is 6.81. The molecule has 0 aliphatic rings. The summed E-state index contributed by atoms with van der Waals surface area (Å²) in [6.07, 6.45) is 0. The van der Waals surface area contributed by atoms with E-state index in [4.69, 9.17) is 9.15 Å². The van der Waals surface area contributed by atoms with Gasteiger partial charge in [-0.2, -0.15) is 0 Å². The minimum atomic E-state index is -3.93. The number of para-hydroxylation sites is 2. The minimum Gasteiger partial charge on any atom is -0.495 e. The summed E-state index contributed by atoms with van der Waals surface area (Å²) in [5.41, 5.74) is 2.03. The van der Waals surface area contributed by atoms with E-state index in [0.29, 0.717) is 34.3 Å². The standard InChI is InChI=1S/C17H20N4O4S/c1-10-15(17-19-18-12(3)25-17)16(11(2)21(10)4)26(22,23)20-13-8-6-7-9-14(13)24-5/h6-9,20H,1-5H3. The molecule has 0 bridgehead atoms. The van der Waals surface area contributed by atoms with Crippen LogP contribution in [-0.2, 0) is 17.1 Å². The maximum absolute atomic E-state index is 13.2. The first-order valence-electron chi connectivity index (χ1n) is 7.88. The van der Waals surface area contributed by atoms with Crippen LogP contribution in [0.1, 0.15) is 17.3 Å². The Kier molecular flexibility index (Phi) is 4.49. The Balaban J connectivity index is 2.18. The molecule has 0 saturated carbocycles. The van der Waals surface area contributed by atoms with Crippen molar-refractivity contribution in [2.75, 3.05) is 11.8 Å². The summed E-state index contributed by atoms with van der Waals surface area (Å²) < 4.78 is 41.5. The summed E-state index contributed by atoms with van der Waals surface area (Å²) in [5, 5.41) is 7.82. The third kappa shape index (κ3) is 2.94. The van der Waals surface area contributed by atoms with Crippen molar-refractivity contribution in [3.8, 4) is 17.2 Å². The van der Waals surface area contributed by atoms with Gasteiger partial charge >= 0.3 is 0 Å². The minimum absolute atomic E-state index is 0.104. The number of hydrogen-bond donors (Lipinski definition) is 1. The molecule has 26 heavy (non-hydrogen) atoms. The largest absolute Gasteiger partial charge is 0.495 e. The van der Waals surface area contributed by atoms with Gasteiger partial charge in [-0.15, -0.1) is 10.2 Å². The molecular weight excluding hydrogens is 356 g/mol. The zero-order chi connectivity index (χ0) is 19.1. The average molecular weight is 376 g/mol. The van der Waals surface area contributed by atoms with Gasteiger partial charge < -0.3 is 13.7 Å². The molecule has 1 aromatic carbocycles. The average Bonchev–Trinajstić information content (AvgIpc) is 3.12. The van der Waals surface area contributed by atoms with Crippen molar-refractivity contribution in [2.24, 2.45) is 7.05 Å². The molecule has 138 valence electrons. The fourth-order valence-electron chi connectivity index (χ4n) is 2.82. The van der Waals surface area contributed by atoms with Crippen molar-refractivity contribution in [1.82, 2.24) is 14.8 Å². The van der Waals surface area contributed by atoms with E-state index in [9.17, 15) is 8.42 Å². The van der Waals surface area contributed by atoms with E-state index in [2.05, 4.69) is 14.9 Å². The van der Waals surface area contributed by atoms with Crippen LogP contribution in [0, 0.1) is 20.8 Å². The van der Waals surface area contributed by atoms with Gasteiger partial charge in [0.2, 0.25) is 5.89 Å². The Bertz CT molecular complexity index is 1070. The number of anilines is 1. The fourth-order valence-corrected chi connectivity index (χ4v) is 4.41. The van der Waals surface area contributed by atoms with Crippen LogP contribution in [0.2, 0.25) is 0 Å². The fraction of sp³-hybridized carbons (Fsp3) is 0.294. The lowest BCUT2D eigenvalue weighted by molar-refractivity contribution is 0.417. The molecule has 2 heterocycles. The molecule has 3 aromatic rings. The highest BCUT2D eigenvalue weighted by Crippen LogP contribution is 2.36. The molecule has 0 unspecified atom stereocenters. The van der Waals surface area contributed by atoms with Gasteiger partial charge in [0.05, 0.1) is 18.4 Å². The first-order valence-corrected chi connectivity index (χ1v) is 9.36. The molecule has 2 aromatic heterocycles. The summed E-state index contributed by atoms with van der Waals surface area (Å²) in [7, 11) is -0.651. The maximum Gasteiger partial charge on any atom is 0.264 e. The monoisotopic (exact) mass is 376 g/mol. The molecule has 9 heteroatoms. The smallest absolute Gasteiger partial charge is 0.264 e. The van der Waals surface area contributed by atoms with Crippen LogP contribution in [0.15, 0.2) is 33.6 Å². The molecule has 0 aliphatic carbocycles. The summed E-state index contributed by atoms with van der Waals surface area (Å²) >= 11 is 0. The number of nitrogens with one attached hydrogen (secondary N) is 1. The topological polar surface area (TPSA) is 99.2 Å². The lowest BCUT2D eigenvalue weighted by Crippen LogP contribution is -2.15. The number of sulfonamides is 1. The van der Waals surface area contributed by atoms with Gasteiger partial charge in [-0.1, -0.05) is 12.1 Å². The van der Waals surface area contributed by atoms with Crippen molar-refractivity contribution < 1.29 is 17.6 Å². The molecule has 0 saturated heterocycles. The second-order valence-corrected chi connectivity index (χ2v) is 7.49. The van der Waals surface area contributed by atoms with Crippen LogP contribution in [0.4, 0.5) is 5.69 Å². The Labute approximate surface area is 151 Å². The van der Waals surface area contributed by atoms with E-state index in [1.807, 2.05) is 6.92 Å². The van der Waals surface area contributed by atoms with E-state index in [-0.39, 0.29) is 10.8 Å². The Morgan fingerprint density at radius 2 is 1.81 bits per heavy atom. The van der Waals surface area contributed by atoms with Gasteiger partial charge in [0.1, 0.15) is 10.6 Å². The highest BCUT2D eigenvalue weighted by atomic mass is 32.2. The van der Waals surface area contributed by atoms with Crippen LogP contribution in [0.5, 0.6) is 5.75 Å². The highest BCUT2D eigenvalue weighted by molar-refractivity contribution is 7.93. The molecular formula is C17H20N4O4S. The number of aryl methyl sites for hydroxylation is 1. The number of benzene rings is 1. The lowest BCUT2D eigenvalue weighted by atomic mass is 10.2. The van der Waals surface area contributed by atoms with E-state index >= 15 is 0 Å². The van der Waals surface area contributed by atoms with Crippen LogP contribution >= 0.6 is 0 Å². The molecule has 1 N–H and O–H groups in total. The van der Waals surface area contributed by atoms with Gasteiger partial charge in [0.25, 0.3) is 15.9 Å². The van der Waals surface area contributed by atoms with Gasteiger partial charge in [-0.25, -0.2) is 8.42 Å². The molecule has 0 atom stereocenters. The van der Waals surface area contributed by atoms with Gasteiger partial charge in [-0.05, 0) is 26.0 Å². The second kappa shape index (κ2) is 6.49. The molecule has 0 spiro atoms. The quantitative estimate of drug-likeness (QED) is 0.735. The zero-order valence-electron chi connectivity index (χ0n) is 15.2. The maximum atomic E-state index is 13.2. The number of hydrogen-bond acceptors (Lipinski definition) is 6. The van der Waals surface area contributed by atoms with Crippen molar-refractivity contribution in [1.29, 1.82) is 0 Å². The Morgan fingerprint density at radius 1 is 1.12 bits per heavy atom. The van der Waals surface area contributed by atoms with Crippen molar-refractivity contribution in [3.63, 3.8) is 0 Å². The molecule has 0 radical (unpaired) electrons. The Morgan fingerprint density at radius 3 is 2.42 bits per heavy atom. The number of methoxy groups -OCH3 is 1. The Hall–Kier alpha value is -2.81. The number of ether oxygens (including phenoxy) is 1. The van der Waals surface area contributed by atoms with E-state index in [0.717, 1.165) is 0 Å². The van der Waals surface area contributed by atoms with Crippen molar-refractivity contribution in [3.05, 3.63) is 41.5 Å². The summed E-state index contributed by atoms with van der Waals surface area (Å²) in [6.45, 7) is 5.20. The van der Waals surface area contributed by atoms with E-state index in [1.54, 1.807) is 49.7 Å². The third-order valence-corrected chi connectivity index (χ3v) is 5.81. The highest BCUT2D eigenvalue weighted by Gasteiger charge is 2.31. The zero-order valence-corrected chi connectivity index (χ0v) is 16.0. The van der Waals surface area contributed by atoms with Crippen LogP contribution < -0.4 is 9.46 Å². The van der Waals surface area contributed by atoms with Gasteiger partial charge in [0.15, 0.2) is 0 Å².